The first-order valence-corrected chi connectivity index (χ1v) is 9.74. The van der Waals surface area contributed by atoms with E-state index in [1.165, 1.54) is 0 Å². The van der Waals surface area contributed by atoms with Gasteiger partial charge in [-0.2, -0.15) is 0 Å². The molecule has 0 unspecified atom stereocenters. The molecule has 27 heavy (non-hydrogen) atoms. The highest BCUT2D eigenvalue weighted by Gasteiger charge is 2.55. The smallest absolute Gasteiger partial charge is 0.223 e. The van der Waals surface area contributed by atoms with Crippen molar-refractivity contribution in [3.63, 3.8) is 0 Å². The minimum absolute atomic E-state index is 0.106. The van der Waals surface area contributed by atoms with Crippen LogP contribution in [0.1, 0.15) is 44.6 Å². The van der Waals surface area contributed by atoms with Crippen LogP contribution in [0.3, 0.4) is 0 Å². The van der Waals surface area contributed by atoms with E-state index in [-0.39, 0.29) is 30.0 Å². The van der Waals surface area contributed by atoms with Crippen molar-refractivity contribution >= 4 is 5.91 Å². The second-order valence-electron chi connectivity index (χ2n) is 7.66. The van der Waals surface area contributed by atoms with Gasteiger partial charge in [-0.05, 0) is 49.8 Å². The van der Waals surface area contributed by atoms with Gasteiger partial charge >= 0.3 is 0 Å². The van der Waals surface area contributed by atoms with Crippen molar-refractivity contribution in [2.24, 2.45) is 5.41 Å². The first-order valence-electron chi connectivity index (χ1n) is 9.74. The van der Waals surface area contributed by atoms with E-state index < -0.39 is 0 Å². The molecule has 2 bridgehead atoms. The predicted molar refractivity (Wildman–Crippen MR) is 103 cm³/mol. The Kier molecular flexibility index (Phi) is 5.84. The molecule has 2 heterocycles. The molecule has 3 rings (SSSR count). The zero-order valence-corrected chi connectivity index (χ0v) is 16.8. The summed E-state index contributed by atoms with van der Waals surface area (Å²) in [6, 6.07) is 4.27. The molecule has 2 saturated heterocycles. The number of aliphatic hydroxyl groups excluding tert-OH is 1. The largest absolute Gasteiger partial charge is 0.493 e. The summed E-state index contributed by atoms with van der Waals surface area (Å²) >= 11 is 0. The number of amides is 1. The van der Waals surface area contributed by atoms with Gasteiger partial charge in [0, 0.05) is 23.9 Å². The maximum Gasteiger partial charge on any atom is 0.223 e. The number of hydrogen-bond acceptors (Lipinski definition) is 5. The highest BCUT2D eigenvalue weighted by atomic mass is 16.5. The average Bonchev–Trinajstić information content (AvgIpc) is 3.27. The van der Waals surface area contributed by atoms with Gasteiger partial charge < -0.3 is 24.2 Å². The van der Waals surface area contributed by atoms with Crippen LogP contribution in [-0.4, -0.2) is 55.9 Å². The number of aryl methyl sites for hydroxylation is 1. The van der Waals surface area contributed by atoms with E-state index in [4.69, 9.17) is 14.2 Å². The van der Waals surface area contributed by atoms with E-state index in [9.17, 15) is 9.90 Å². The zero-order chi connectivity index (χ0) is 19.6. The van der Waals surface area contributed by atoms with Crippen LogP contribution < -0.4 is 14.2 Å². The molecule has 2 aliphatic rings. The van der Waals surface area contributed by atoms with Crippen molar-refractivity contribution < 1.29 is 24.1 Å². The molecule has 150 valence electrons. The summed E-state index contributed by atoms with van der Waals surface area (Å²) in [5.41, 5.74) is 0.874. The number of carbonyl (C=O) groups is 1. The van der Waals surface area contributed by atoms with Crippen molar-refractivity contribution in [2.75, 3.05) is 27.9 Å². The van der Waals surface area contributed by atoms with Crippen molar-refractivity contribution in [1.82, 2.24) is 4.90 Å². The molecule has 0 radical (unpaired) electrons. The van der Waals surface area contributed by atoms with Crippen molar-refractivity contribution in [2.45, 2.75) is 57.5 Å². The summed E-state index contributed by atoms with van der Waals surface area (Å²) < 4.78 is 16.2. The molecule has 1 aromatic rings. The number of rotatable bonds is 8. The molecule has 1 aromatic carbocycles. The fraction of sp³-hybridized carbons (Fsp3) is 0.667. The Morgan fingerprint density at radius 2 is 1.85 bits per heavy atom. The predicted octanol–water partition coefficient (Wildman–Crippen LogP) is 2.80. The quantitative estimate of drug-likeness (QED) is 0.754. The summed E-state index contributed by atoms with van der Waals surface area (Å²) in [5, 5.41) is 9.93. The van der Waals surface area contributed by atoms with Crippen LogP contribution in [0.2, 0.25) is 0 Å². The van der Waals surface area contributed by atoms with Gasteiger partial charge in [0.2, 0.25) is 11.7 Å². The fourth-order valence-corrected chi connectivity index (χ4v) is 4.99. The van der Waals surface area contributed by atoms with E-state index >= 15 is 0 Å². The lowest BCUT2D eigenvalue weighted by atomic mass is 9.72. The number of nitrogens with zero attached hydrogens (tertiary/aromatic N) is 1. The van der Waals surface area contributed by atoms with Crippen LogP contribution >= 0.6 is 0 Å². The fourth-order valence-electron chi connectivity index (χ4n) is 4.99. The van der Waals surface area contributed by atoms with Gasteiger partial charge in [-0.25, -0.2) is 0 Å². The molecule has 2 aliphatic heterocycles. The third-order valence-corrected chi connectivity index (χ3v) is 6.51. The molecule has 6 heteroatoms. The van der Waals surface area contributed by atoms with Gasteiger partial charge in [0.15, 0.2) is 11.5 Å². The highest BCUT2D eigenvalue weighted by Crippen LogP contribution is 2.51. The first kappa shape index (κ1) is 19.8. The van der Waals surface area contributed by atoms with Crippen LogP contribution in [0.5, 0.6) is 17.2 Å². The molecule has 0 spiro atoms. The lowest BCUT2D eigenvalue weighted by Crippen LogP contribution is -2.42. The van der Waals surface area contributed by atoms with Crippen LogP contribution in [0, 0.1) is 5.41 Å². The number of carbonyl (C=O) groups excluding carboxylic acids is 1. The number of hydrogen-bond donors (Lipinski definition) is 1. The Morgan fingerprint density at radius 1 is 1.19 bits per heavy atom. The average molecular weight is 377 g/mol. The Hall–Kier alpha value is -1.95. The van der Waals surface area contributed by atoms with Crippen LogP contribution in [0.15, 0.2) is 12.1 Å². The molecule has 0 saturated carbocycles. The molecule has 1 amide bonds. The minimum atomic E-state index is -0.106. The van der Waals surface area contributed by atoms with Crippen molar-refractivity contribution in [3.8, 4) is 17.2 Å². The van der Waals surface area contributed by atoms with E-state index in [2.05, 4.69) is 11.8 Å². The number of benzene rings is 1. The number of methoxy groups -OCH3 is 3. The Labute approximate surface area is 161 Å². The Balaban J connectivity index is 1.72. The Morgan fingerprint density at radius 3 is 2.33 bits per heavy atom. The summed E-state index contributed by atoms with van der Waals surface area (Å²) in [7, 11) is 4.76. The van der Waals surface area contributed by atoms with Gasteiger partial charge in [0.05, 0.1) is 27.9 Å². The molecule has 0 aliphatic carbocycles. The summed E-state index contributed by atoms with van der Waals surface area (Å²) in [6.07, 6.45) is 4.97. The molecular formula is C21H31NO5. The summed E-state index contributed by atoms with van der Waals surface area (Å²) in [4.78, 5) is 15.1. The standard InChI is InChI=1S/C21H31NO5/c1-5-21(13-23)12-15-7-8-18(21)22(15)19(24)9-6-14-10-16(25-2)20(27-4)17(11-14)26-3/h10-11,15,18,23H,5-9,12-13H2,1-4H3/t15-,18+,21-/m1/s1. The van der Waals surface area contributed by atoms with Gasteiger partial charge in [0.25, 0.3) is 0 Å². The van der Waals surface area contributed by atoms with E-state index in [1.807, 2.05) is 12.1 Å². The third kappa shape index (κ3) is 3.35. The summed E-state index contributed by atoms with van der Waals surface area (Å²) in [6.45, 7) is 2.29. The van der Waals surface area contributed by atoms with Gasteiger partial charge in [-0.1, -0.05) is 6.92 Å². The molecular weight excluding hydrogens is 346 g/mol. The summed E-state index contributed by atoms with van der Waals surface area (Å²) in [5.74, 6) is 1.94. The highest BCUT2D eigenvalue weighted by molar-refractivity contribution is 5.78. The second-order valence-corrected chi connectivity index (χ2v) is 7.66. The van der Waals surface area contributed by atoms with Crippen LogP contribution in [0.4, 0.5) is 0 Å². The normalized spacial score (nSPS) is 26.3. The molecule has 1 N–H and O–H groups in total. The van der Waals surface area contributed by atoms with Gasteiger partial charge in [-0.3, -0.25) is 4.79 Å². The zero-order valence-electron chi connectivity index (χ0n) is 16.8. The number of aliphatic hydroxyl groups is 1. The third-order valence-electron chi connectivity index (χ3n) is 6.51. The second kappa shape index (κ2) is 7.97. The van der Waals surface area contributed by atoms with Crippen molar-refractivity contribution in [3.05, 3.63) is 17.7 Å². The lowest BCUT2D eigenvalue weighted by Gasteiger charge is -2.34. The number of fused-ring (bicyclic) bond motifs is 2. The monoisotopic (exact) mass is 377 g/mol. The lowest BCUT2D eigenvalue weighted by molar-refractivity contribution is -0.133. The molecule has 6 nitrogen and oxygen atoms in total. The van der Waals surface area contributed by atoms with Gasteiger partial charge in [0.1, 0.15) is 0 Å². The van der Waals surface area contributed by atoms with Crippen LogP contribution in [0.25, 0.3) is 0 Å². The van der Waals surface area contributed by atoms with E-state index in [0.717, 1.165) is 31.2 Å². The molecule has 0 aromatic heterocycles. The van der Waals surface area contributed by atoms with Gasteiger partial charge in [-0.15, -0.1) is 0 Å². The minimum Gasteiger partial charge on any atom is -0.493 e. The topological polar surface area (TPSA) is 68.2 Å². The van der Waals surface area contributed by atoms with Crippen molar-refractivity contribution in [1.29, 1.82) is 0 Å². The molecule has 3 atom stereocenters. The maximum atomic E-state index is 13.0. The first-order chi connectivity index (χ1) is 13.0. The van der Waals surface area contributed by atoms with E-state index in [0.29, 0.717) is 30.1 Å². The number of ether oxygens (including phenoxy) is 3. The maximum absolute atomic E-state index is 13.0. The SMILES string of the molecule is CC[C@]1(CO)C[C@H]2CC[C@@H]1N2C(=O)CCc1cc(OC)c(OC)c(OC)c1. The van der Waals surface area contributed by atoms with E-state index in [1.54, 1.807) is 21.3 Å². The Bertz CT molecular complexity index is 660. The van der Waals surface area contributed by atoms with Crippen LogP contribution in [-0.2, 0) is 11.2 Å². The molecule has 2 fully saturated rings.